The fourth-order valence-corrected chi connectivity index (χ4v) is 4.17. The number of hydrogen-bond acceptors (Lipinski definition) is 6. The van der Waals surface area contributed by atoms with E-state index >= 15 is 0 Å². The molecule has 3 rings (SSSR count). The highest BCUT2D eigenvalue weighted by Crippen LogP contribution is 2.20. The predicted octanol–water partition coefficient (Wildman–Crippen LogP) is 2.77. The molecule has 0 heterocycles. The van der Waals surface area contributed by atoms with Crippen molar-refractivity contribution in [2.45, 2.75) is 51.5 Å². The van der Waals surface area contributed by atoms with Crippen LogP contribution in [0.5, 0.6) is 5.75 Å². The van der Waals surface area contributed by atoms with E-state index in [9.17, 15) is 15.0 Å². The summed E-state index contributed by atoms with van der Waals surface area (Å²) in [7, 11) is 0. The van der Waals surface area contributed by atoms with Gasteiger partial charge in [0, 0.05) is 30.3 Å². The molecule has 0 aliphatic heterocycles. The lowest BCUT2D eigenvalue weighted by atomic mass is 10.0. The first-order valence-corrected chi connectivity index (χ1v) is 12.4. The summed E-state index contributed by atoms with van der Waals surface area (Å²) >= 11 is 0. The number of nitrogens with two attached hydrogens (primary N) is 1. The van der Waals surface area contributed by atoms with Crippen LogP contribution in [0.15, 0.2) is 72.8 Å². The van der Waals surface area contributed by atoms with Crippen molar-refractivity contribution in [3.63, 3.8) is 0 Å². The van der Waals surface area contributed by atoms with Gasteiger partial charge in [-0.3, -0.25) is 10.1 Å². The van der Waals surface area contributed by atoms with E-state index in [1.54, 1.807) is 25.1 Å². The number of aliphatic hydroxyl groups excluding tert-OH is 1. The number of hydrogen-bond donors (Lipinski definition) is 6. The van der Waals surface area contributed by atoms with Gasteiger partial charge in [-0.1, -0.05) is 60.7 Å². The largest absolute Gasteiger partial charge is 0.508 e. The molecule has 0 fully saturated rings. The zero-order chi connectivity index (χ0) is 25.9. The molecular formula is C29H38N4O3. The number of benzene rings is 3. The molecule has 0 spiro atoms. The van der Waals surface area contributed by atoms with Crippen LogP contribution in [0, 0.1) is 13.8 Å². The minimum atomic E-state index is -0.993. The number of carbonyl (C=O) groups is 1. The van der Waals surface area contributed by atoms with Crippen LogP contribution in [0.4, 0.5) is 0 Å². The third kappa shape index (κ3) is 7.90. The lowest BCUT2D eigenvalue weighted by molar-refractivity contribution is 0.0721. The average molecular weight is 491 g/mol. The highest BCUT2D eigenvalue weighted by molar-refractivity contribution is 5.96. The monoisotopic (exact) mass is 490 g/mol. The fraction of sp³-hybridized carbons (Fsp3) is 0.345. The average Bonchev–Trinajstić information content (AvgIpc) is 2.88. The van der Waals surface area contributed by atoms with E-state index in [1.807, 2.05) is 42.5 Å². The number of carbonyl (C=O) groups excluding carboxylic acids is 1. The zero-order valence-corrected chi connectivity index (χ0v) is 21.1. The zero-order valence-electron chi connectivity index (χ0n) is 21.1. The van der Waals surface area contributed by atoms with E-state index in [0.29, 0.717) is 37.2 Å². The van der Waals surface area contributed by atoms with E-state index < -0.39 is 12.3 Å². The van der Waals surface area contributed by atoms with E-state index in [2.05, 4.69) is 35.0 Å². The smallest absolute Gasteiger partial charge is 0.252 e. The first-order chi connectivity index (χ1) is 17.4. The van der Waals surface area contributed by atoms with E-state index in [0.717, 1.165) is 12.0 Å². The lowest BCUT2D eigenvalue weighted by Crippen LogP contribution is -2.54. The summed E-state index contributed by atoms with van der Waals surface area (Å²) in [5.41, 5.74) is 10.2. The van der Waals surface area contributed by atoms with Crippen molar-refractivity contribution in [1.29, 1.82) is 0 Å². The van der Waals surface area contributed by atoms with Gasteiger partial charge in [-0.05, 0) is 62.1 Å². The molecule has 7 heteroatoms. The molecule has 3 aromatic carbocycles. The number of phenols is 1. The van der Waals surface area contributed by atoms with Crippen molar-refractivity contribution in [3.05, 3.63) is 101 Å². The molecule has 3 aromatic rings. The van der Waals surface area contributed by atoms with Crippen LogP contribution in [0.1, 0.15) is 39.0 Å². The van der Waals surface area contributed by atoms with Crippen molar-refractivity contribution in [1.82, 2.24) is 16.0 Å². The second-order valence-electron chi connectivity index (χ2n) is 9.15. The van der Waals surface area contributed by atoms with E-state index in [4.69, 9.17) is 5.73 Å². The molecule has 0 aliphatic rings. The van der Waals surface area contributed by atoms with Gasteiger partial charge in [-0.15, -0.1) is 0 Å². The molecule has 0 saturated heterocycles. The van der Waals surface area contributed by atoms with Crippen LogP contribution < -0.4 is 21.7 Å². The fourth-order valence-electron chi connectivity index (χ4n) is 4.17. The Balaban J connectivity index is 1.68. The highest BCUT2D eigenvalue weighted by Gasteiger charge is 2.24. The number of aryl methyl sites for hydroxylation is 1. The van der Waals surface area contributed by atoms with Crippen LogP contribution in [-0.4, -0.2) is 47.5 Å². The summed E-state index contributed by atoms with van der Waals surface area (Å²) in [6.07, 6.45) is 0.188. The van der Waals surface area contributed by atoms with Crippen molar-refractivity contribution in [3.8, 4) is 5.75 Å². The van der Waals surface area contributed by atoms with Gasteiger partial charge < -0.3 is 26.6 Å². The number of aliphatic hydroxyl groups is 1. The molecule has 0 aliphatic carbocycles. The van der Waals surface area contributed by atoms with Gasteiger partial charge in [0.05, 0.1) is 6.04 Å². The maximum absolute atomic E-state index is 13.1. The molecule has 192 valence electrons. The number of nitrogens with one attached hydrogen (secondary N) is 3. The van der Waals surface area contributed by atoms with Crippen molar-refractivity contribution >= 4 is 5.91 Å². The Hall–Kier alpha value is -3.23. The summed E-state index contributed by atoms with van der Waals surface area (Å²) < 4.78 is 0. The third-order valence-corrected chi connectivity index (χ3v) is 6.48. The summed E-state index contributed by atoms with van der Waals surface area (Å²) in [6, 6.07) is 22.3. The summed E-state index contributed by atoms with van der Waals surface area (Å²) in [6.45, 7) is 5.49. The molecular weight excluding hydrogens is 452 g/mol. The lowest BCUT2D eigenvalue weighted by Gasteiger charge is -2.28. The Morgan fingerprint density at radius 2 is 1.67 bits per heavy atom. The van der Waals surface area contributed by atoms with Gasteiger partial charge in [-0.2, -0.15) is 0 Å². The standard InChI is InChI=1S/C29H38N4O3/c1-20-9-6-7-12-23(20)18-31-24(15-16-30)19-32-29(36)26(17-22-10-4-3-5-11-22)33-28(35)25-13-8-14-27(34)21(25)2/h3-14,24,26,29,31-32,34,36H,15-19,30H2,1-2H3,(H,33,35). The molecule has 1 amide bonds. The molecule has 0 aromatic heterocycles. The number of rotatable bonds is 13. The Kier molecular flexibility index (Phi) is 10.5. The van der Waals surface area contributed by atoms with Gasteiger partial charge >= 0.3 is 0 Å². The second-order valence-corrected chi connectivity index (χ2v) is 9.15. The molecule has 7 N–H and O–H groups in total. The van der Waals surface area contributed by atoms with Crippen LogP contribution in [0.25, 0.3) is 0 Å². The summed E-state index contributed by atoms with van der Waals surface area (Å²) in [5.74, 6) is -0.286. The molecule has 3 unspecified atom stereocenters. The molecule has 36 heavy (non-hydrogen) atoms. The minimum absolute atomic E-state index is 0.0469. The van der Waals surface area contributed by atoms with Crippen LogP contribution >= 0.6 is 0 Å². The first kappa shape index (κ1) is 27.4. The van der Waals surface area contributed by atoms with Gasteiger partial charge in [0.1, 0.15) is 12.0 Å². The molecule has 7 nitrogen and oxygen atoms in total. The van der Waals surface area contributed by atoms with Crippen molar-refractivity contribution < 1.29 is 15.0 Å². The van der Waals surface area contributed by atoms with Crippen LogP contribution in [-0.2, 0) is 13.0 Å². The molecule has 3 atom stereocenters. The van der Waals surface area contributed by atoms with Gasteiger partial charge in [0.2, 0.25) is 0 Å². The first-order valence-electron chi connectivity index (χ1n) is 12.4. The Morgan fingerprint density at radius 1 is 0.944 bits per heavy atom. The molecule has 0 saturated carbocycles. The maximum Gasteiger partial charge on any atom is 0.252 e. The quantitative estimate of drug-likeness (QED) is 0.205. The van der Waals surface area contributed by atoms with Gasteiger partial charge in [0.15, 0.2) is 0 Å². The SMILES string of the molecule is Cc1ccccc1CNC(CCN)CNC(O)C(Cc1ccccc1)NC(=O)c1cccc(O)c1C. The molecule has 0 bridgehead atoms. The Labute approximate surface area is 213 Å². The van der Waals surface area contributed by atoms with Gasteiger partial charge in [0.25, 0.3) is 5.91 Å². The summed E-state index contributed by atoms with van der Waals surface area (Å²) in [4.78, 5) is 13.1. The van der Waals surface area contributed by atoms with Crippen LogP contribution in [0.2, 0.25) is 0 Å². The topological polar surface area (TPSA) is 120 Å². The Bertz CT molecular complexity index is 1110. The number of aromatic hydroxyl groups is 1. The second kappa shape index (κ2) is 13.8. The normalized spacial score (nSPS) is 13.7. The van der Waals surface area contributed by atoms with Crippen molar-refractivity contribution in [2.75, 3.05) is 13.1 Å². The van der Waals surface area contributed by atoms with Gasteiger partial charge in [-0.25, -0.2) is 0 Å². The predicted molar refractivity (Wildman–Crippen MR) is 144 cm³/mol. The number of amides is 1. The van der Waals surface area contributed by atoms with Crippen LogP contribution in [0.3, 0.4) is 0 Å². The third-order valence-electron chi connectivity index (χ3n) is 6.48. The number of phenolic OH excluding ortho intramolecular Hbond substituents is 1. The molecule has 0 radical (unpaired) electrons. The van der Waals surface area contributed by atoms with Crippen molar-refractivity contribution in [2.24, 2.45) is 5.73 Å². The minimum Gasteiger partial charge on any atom is -0.508 e. The summed E-state index contributed by atoms with van der Waals surface area (Å²) in [5, 5.41) is 30.8. The Morgan fingerprint density at radius 3 is 2.39 bits per heavy atom. The highest BCUT2D eigenvalue weighted by atomic mass is 16.3. The van der Waals surface area contributed by atoms with E-state index in [-0.39, 0.29) is 17.7 Å². The maximum atomic E-state index is 13.1. The van der Waals surface area contributed by atoms with E-state index in [1.165, 1.54) is 11.1 Å².